The van der Waals surface area contributed by atoms with Gasteiger partial charge in [0.1, 0.15) is 12.0 Å². The summed E-state index contributed by atoms with van der Waals surface area (Å²) in [5, 5.41) is 14.0. The highest BCUT2D eigenvalue weighted by Crippen LogP contribution is 2.15. The lowest BCUT2D eigenvalue weighted by atomic mass is 10.0. The molecule has 2 fully saturated rings. The van der Waals surface area contributed by atoms with Crippen molar-refractivity contribution in [2.24, 2.45) is 5.92 Å². The van der Waals surface area contributed by atoms with Crippen LogP contribution in [-0.2, 0) is 19.1 Å². The van der Waals surface area contributed by atoms with Gasteiger partial charge in [0.2, 0.25) is 11.8 Å². The van der Waals surface area contributed by atoms with Crippen molar-refractivity contribution in [1.29, 1.82) is 0 Å². The minimum atomic E-state index is -0.983. The number of ether oxygens (including phenoxy) is 1. The van der Waals surface area contributed by atoms with Crippen molar-refractivity contribution in [3.63, 3.8) is 0 Å². The van der Waals surface area contributed by atoms with E-state index in [0.717, 1.165) is 0 Å². The minimum Gasteiger partial charge on any atom is -0.481 e. The third-order valence-corrected chi connectivity index (χ3v) is 3.04. The summed E-state index contributed by atoms with van der Waals surface area (Å²) in [4.78, 5) is 33.6. The number of carbonyl (C=O) groups is 3. The van der Waals surface area contributed by atoms with E-state index < -0.39 is 24.0 Å². The maximum atomic E-state index is 11.7. The molecule has 0 aromatic heterocycles. The number of nitrogens with one attached hydrogen (secondary N) is 2. The number of rotatable bonds is 3. The van der Waals surface area contributed by atoms with Crippen LogP contribution in [0.5, 0.6) is 0 Å². The van der Waals surface area contributed by atoms with Crippen molar-refractivity contribution < 1.29 is 24.2 Å². The van der Waals surface area contributed by atoms with Crippen LogP contribution < -0.4 is 10.6 Å². The molecule has 0 radical (unpaired) electrons. The Bertz CT molecular complexity index is 357. The summed E-state index contributed by atoms with van der Waals surface area (Å²) in [7, 11) is 0. The zero-order chi connectivity index (χ0) is 12.4. The van der Waals surface area contributed by atoms with Crippen LogP contribution >= 0.6 is 0 Å². The Balaban J connectivity index is 1.90. The lowest BCUT2D eigenvalue weighted by Gasteiger charge is -2.18. The fraction of sp³-hybridized carbons (Fsp3) is 0.700. The zero-order valence-corrected chi connectivity index (χ0v) is 9.14. The second kappa shape index (κ2) is 4.70. The van der Waals surface area contributed by atoms with E-state index in [4.69, 9.17) is 9.84 Å². The highest BCUT2D eigenvalue weighted by Gasteiger charge is 2.37. The van der Waals surface area contributed by atoms with Crippen molar-refractivity contribution in [2.75, 3.05) is 13.2 Å². The molecule has 0 spiro atoms. The number of hydrogen-bond donors (Lipinski definition) is 3. The third kappa shape index (κ3) is 2.55. The van der Waals surface area contributed by atoms with Gasteiger partial charge in [-0.05, 0) is 6.42 Å². The number of amides is 2. The van der Waals surface area contributed by atoms with Crippen LogP contribution in [0.1, 0.15) is 12.8 Å². The lowest BCUT2D eigenvalue weighted by molar-refractivity contribution is -0.142. The van der Waals surface area contributed by atoms with E-state index in [1.165, 1.54) is 0 Å². The average Bonchev–Trinajstić information content (AvgIpc) is 2.86. The summed E-state index contributed by atoms with van der Waals surface area (Å²) in [5.41, 5.74) is 0. The number of carboxylic acids is 1. The molecule has 94 valence electrons. The van der Waals surface area contributed by atoms with Crippen LogP contribution in [0.25, 0.3) is 0 Å². The van der Waals surface area contributed by atoms with Gasteiger partial charge in [-0.2, -0.15) is 0 Å². The molecule has 2 rings (SSSR count). The first-order valence-electron chi connectivity index (χ1n) is 5.48. The SMILES string of the molecule is O=C1CC[C@H](C(=O)NC2COCC2C(=O)O)N1. The first-order chi connectivity index (χ1) is 8.08. The molecule has 0 bridgehead atoms. The topological polar surface area (TPSA) is 105 Å². The summed E-state index contributed by atoms with van der Waals surface area (Å²) >= 11 is 0. The third-order valence-electron chi connectivity index (χ3n) is 3.04. The first-order valence-corrected chi connectivity index (χ1v) is 5.48. The van der Waals surface area contributed by atoms with Crippen LogP contribution in [0, 0.1) is 5.92 Å². The summed E-state index contributed by atoms with van der Waals surface area (Å²) < 4.78 is 5.03. The Hall–Kier alpha value is -1.63. The number of carbonyl (C=O) groups excluding carboxylic acids is 2. The van der Waals surface area contributed by atoms with Gasteiger partial charge < -0.3 is 20.5 Å². The highest BCUT2D eigenvalue weighted by atomic mass is 16.5. The van der Waals surface area contributed by atoms with Gasteiger partial charge in [0.15, 0.2) is 0 Å². The van der Waals surface area contributed by atoms with Crippen molar-refractivity contribution in [3.8, 4) is 0 Å². The molecule has 0 saturated carbocycles. The molecule has 2 saturated heterocycles. The van der Waals surface area contributed by atoms with Crippen molar-refractivity contribution in [1.82, 2.24) is 10.6 Å². The van der Waals surface area contributed by atoms with Crippen molar-refractivity contribution in [3.05, 3.63) is 0 Å². The van der Waals surface area contributed by atoms with E-state index in [1.807, 2.05) is 0 Å². The molecule has 2 aliphatic heterocycles. The molecule has 0 aromatic carbocycles. The number of aliphatic carboxylic acids is 1. The molecule has 2 amide bonds. The van der Waals surface area contributed by atoms with E-state index in [9.17, 15) is 14.4 Å². The molecule has 2 unspecified atom stereocenters. The molecular weight excluding hydrogens is 228 g/mol. The van der Waals surface area contributed by atoms with Gasteiger partial charge in [-0.15, -0.1) is 0 Å². The highest BCUT2D eigenvalue weighted by molar-refractivity contribution is 5.91. The van der Waals surface area contributed by atoms with Crippen LogP contribution in [0.4, 0.5) is 0 Å². The maximum absolute atomic E-state index is 11.7. The molecule has 7 heteroatoms. The van der Waals surface area contributed by atoms with Gasteiger partial charge in [-0.25, -0.2) is 0 Å². The van der Waals surface area contributed by atoms with E-state index in [2.05, 4.69) is 10.6 Å². The second-order valence-corrected chi connectivity index (χ2v) is 4.26. The molecule has 17 heavy (non-hydrogen) atoms. The van der Waals surface area contributed by atoms with Gasteiger partial charge in [-0.3, -0.25) is 14.4 Å². The Labute approximate surface area is 97.5 Å². The van der Waals surface area contributed by atoms with Crippen LogP contribution in [0.15, 0.2) is 0 Å². The van der Waals surface area contributed by atoms with Crippen LogP contribution in [0.3, 0.4) is 0 Å². The van der Waals surface area contributed by atoms with Gasteiger partial charge in [0.05, 0.1) is 19.3 Å². The van der Waals surface area contributed by atoms with Gasteiger partial charge in [0.25, 0.3) is 0 Å². The van der Waals surface area contributed by atoms with E-state index in [0.29, 0.717) is 12.8 Å². The number of carboxylic acid groups (broad SMARTS) is 1. The van der Waals surface area contributed by atoms with E-state index in [-0.39, 0.29) is 25.0 Å². The molecule has 3 atom stereocenters. The molecule has 2 heterocycles. The normalized spacial score (nSPS) is 32.2. The smallest absolute Gasteiger partial charge is 0.311 e. The van der Waals surface area contributed by atoms with Crippen molar-refractivity contribution >= 4 is 17.8 Å². The lowest BCUT2D eigenvalue weighted by Crippen LogP contribution is -2.49. The Morgan fingerprint density at radius 1 is 1.41 bits per heavy atom. The van der Waals surface area contributed by atoms with E-state index in [1.54, 1.807) is 0 Å². The second-order valence-electron chi connectivity index (χ2n) is 4.26. The average molecular weight is 242 g/mol. The summed E-state index contributed by atoms with van der Waals surface area (Å²) in [6.45, 7) is 0.306. The Morgan fingerprint density at radius 2 is 2.18 bits per heavy atom. The largest absolute Gasteiger partial charge is 0.481 e. The predicted octanol–water partition coefficient (Wildman–Crippen LogP) is -1.52. The molecule has 2 aliphatic rings. The van der Waals surface area contributed by atoms with Gasteiger partial charge in [0, 0.05) is 6.42 Å². The Kier molecular flexibility index (Phi) is 3.28. The molecule has 3 N–H and O–H groups in total. The minimum absolute atomic E-state index is 0.108. The number of hydrogen-bond acceptors (Lipinski definition) is 4. The van der Waals surface area contributed by atoms with Crippen LogP contribution in [-0.4, -0.2) is 48.2 Å². The maximum Gasteiger partial charge on any atom is 0.311 e. The fourth-order valence-electron chi connectivity index (χ4n) is 2.03. The van der Waals surface area contributed by atoms with Gasteiger partial charge in [-0.1, -0.05) is 0 Å². The van der Waals surface area contributed by atoms with E-state index >= 15 is 0 Å². The zero-order valence-electron chi connectivity index (χ0n) is 9.14. The first kappa shape index (κ1) is 11.8. The van der Waals surface area contributed by atoms with Crippen molar-refractivity contribution in [2.45, 2.75) is 24.9 Å². The molecule has 0 aliphatic carbocycles. The molecule has 0 aromatic rings. The monoisotopic (exact) mass is 242 g/mol. The quantitative estimate of drug-likeness (QED) is 0.557. The van der Waals surface area contributed by atoms with Crippen LogP contribution in [0.2, 0.25) is 0 Å². The summed E-state index contributed by atoms with van der Waals surface area (Å²) in [6, 6.07) is -1.06. The molecule has 7 nitrogen and oxygen atoms in total. The summed E-state index contributed by atoms with van der Waals surface area (Å²) in [5.74, 6) is -2.18. The van der Waals surface area contributed by atoms with Gasteiger partial charge >= 0.3 is 5.97 Å². The Morgan fingerprint density at radius 3 is 2.76 bits per heavy atom. The fourth-order valence-corrected chi connectivity index (χ4v) is 2.03. The predicted molar refractivity (Wildman–Crippen MR) is 55.0 cm³/mol. The summed E-state index contributed by atoms with van der Waals surface area (Å²) in [6.07, 6.45) is 0.789. The standard InChI is InChI=1S/C10H14N2O5/c13-8-2-1-6(11-8)9(14)12-7-4-17-3-5(7)10(15)16/h5-7H,1-4H2,(H,11,13)(H,12,14)(H,15,16)/t5?,6-,7?/m1/s1. The molecular formula is C10H14N2O5.